The third kappa shape index (κ3) is 4.27. The van der Waals surface area contributed by atoms with Gasteiger partial charge in [0, 0.05) is 44.6 Å². The molecule has 1 fully saturated rings. The van der Waals surface area contributed by atoms with E-state index in [1.165, 1.54) is 5.56 Å². The molecule has 2 unspecified atom stereocenters. The first kappa shape index (κ1) is 14.4. The molecule has 1 aliphatic rings. The van der Waals surface area contributed by atoms with Crippen LogP contribution >= 0.6 is 0 Å². The van der Waals surface area contributed by atoms with Gasteiger partial charge < -0.3 is 10.6 Å². The molecule has 0 spiro atoms. The van der Waals surface area contributed by atoms with Gasteiger partial charge in [0.2, 0.25) is 0 Å². The second kappa shape index (κ2) is 6.98. The minimum atomic E-state index is 0.576. The predicted molar refractivity (Wildman–Crippen MR) is 78.8 cm³/mol. The molecule has 1 saturated heterocycles. The largest absolute Gasteiger partial charge is 0.330 e. The SMILES string of the molecule is CC1CN(Cc2cccnc2)CC(CCN)N(C)C1. The van der Waals surface area contributed by atoms with Crippen LogP contribution in [0.2, 0.25) is 0 Å². The summed E-state index contributed by atoms with van der Waals surface area (Å²) in [7, 11) is 2.23. The van der Waals surface area contributed by atoms with Crippen LogP contribution in [0.25, 0.3) is 0 Å². The number of hydrogen-bond donors (Lipinski definition) is 1. The van der Waals surface area contributed by atoms with Gasteiger partial charge in [0.05, 0.1) is 0 Å². The first-order chi connectivity index (χ1) is 9.19. The van der Waals surface area contributed by atoms with Crippen molar-refractivity contribution in [2.24, 2.45) is 11.7 Å². The molecule has 0 radical (unpaired) electrons. The minimum Gasteiger partial charge on any atom is -0.330 e. The highest BCUT2D eigenvalue weighted by molar-refractivity contribution is 5.08. The quantitative estimate of drug-likeness (QED) is 0.885. The van der Waals surface area contributed by atoms with Crippen molar-refractivity contribution in [3.8, 4) is 0 Å². The van der Waals surface area contributed by atoms with Gasteiger partial charge in [-0.3, -0.25) is 9.88 Å². The number of hydrogen-bond acceptors (Lipinski definition) is 4. The standard InChI is InChI=1S/C15H26N4/c1-13-9-18(2)15(5-6-16)12-19(10-13)11-14-4-3-7-17-8-14/h3-4,7-8,13,15H,5-6,9-12,16H2,1-2H3. The van der Waals surface area contributed by atoms with Crippen LogP contribution in [-0.4, -0.2) is 54.1 Å². The highest BCUT2D eigenvalue weighted by atomic mass is 15.2. The molecule has 0 amide bonds. The van der Waals surface area contributed by atoms with Crippen LogP contribution in [-0.2, 0) is 6.54 Å². The molecular formula is C15H26N4. The maximum absolute atomic E-state index is 5.75. The van der Waals surface area contributed by atoms with Gasteiger partial charge in [-0.25, -0.2) is 0 Å². The maximum Gasteiger partial charge on any atom is 0.0312 e. The summed E-state index contributed by atoms with van der Waals surface area (Å²) in [6.45, 7) is 7.51. The van der Waals surface area contributed by atoms with Crippen molar-refractivity contribution < 1.29 is 0 Å². The molecule has 0 aliphatic carbocycles. The minimum absolute atomic E-state index is 0.576. The number of nitrogens with two attached hydrogens (primary N) is 1. The lowest BCUT2D eigenvalue weighted by atomic mass is 10.1. The van der Waals surface area contributed by atoms with Crippen LogP contribution in [0.3, 0.4) is 0 Å². The second-order valence-electron chi connectivity index (χ2n) is 5.83. The molecule has 2 atom stereocenters. The van der Waals surface area contributed by atoms with Crippen molar-refractivity contribution in [3.63, 3.8) is 0 Å². The lowest BCUT2D eigenvalue weighted by molar-refractivity contribution is 0.196. The average Bonchev–Trinajstić information content (AvgIpc) is 2.50. The van der Waals surface area contributed by atoms with Gasteiger partial charge in [-0.1, -0.05) is 13.0 Å². The Hall–Kier alpha value is -0.970. The molecular weight excluding hydrogens is 236 g/mol. The summed E-state index contributed by atoms with van der Waals surface area (Å²) < 4.78 is 0. The van der Waals surface area contributed by atoms with E-state index in [0.29, 0.717) is 12.0 Å². The number of likely N-dealkylation sites (N-methyl/N-ethyl adjacent to an activating group) is 1. The second-order valence-corrected chi connectivity index (χ2v) is 5.83. The fraction of sp³-hybridized carbons (Fsp3) is 0.667. The van der Waals surface area contributed by atoms with Crippen LogP contribution in [0.5, 0.6) is 0 Å². The van der Waals surface area contributed by atoms with Crippen molar-refractivity contribution in [2.75, 3.05) is 33.2 Å². The molecule has 1 aliphatic heterocycles. The molecule has 2 rings (SSSR count). The average molecular weight is 262 g/mol. The Labute approximate surface area is 116 Å². The normalized spacial score (nSPS) is 26.3. The van der Waals surface area contributed by atoms with E-state index < -0.39 is 0 Å². The summed E-state index contributed by atoms with van der Waals surface area (Å²) in [5.74, 6) is 0.699. The lowest BCUT2D eigenvalue weighted by Crippen LogP contribution is -2.40. The van der Waals surface area contributed by atoms with E-state index in [0.717, 1.165) is 39.1 Å². The summed E-state index contributed by atoms with van der Waals surface area (Å²) in [6.07, 6.45) is 4.88. The fourth-order valence-electron chi connectivity index (χ4n) is 3.03. The monoisotopic (exact) mass is 262 g/mol. The number of rotatable bonds is 4. The first-order valence-corrected chi connectivity index (χ1v) is 7.20. The van der Waals surface area contributed by atoms with Gasteiger partial charge in [0.1, 0.15) is 0 Å². The van der Waals surface area contributed by atoms with E-state index in [9.17, 15) is 0 Å². The van der Waals surface area contributed by atoms with Crippen molar-refractivity contribution in [1.82, 2.24) is 14.8 Å². The summed E-state index contributed by atoms with van der Waals surface area (Å²) in [5.41, 5.74) is 7.05. The summed E-state index contributed by atoms with van der Waals surface area (Å²) in [5, 5.41) is 0. The van der Waals surface area contributed by atoms with E-state index in [1.54, 1.807) is 0 Å². The fourth-order valence-corrected chi connectivity index (χ4v) is 3.03. The molecule has 4 heteroatoms. The van der Waals surface area contributed by atoms with Crippen LogP contribution in [0.1, 0.15) is 18.9 Å². The van der Waals surface area contributed by atoms with Crippen LogP contribution in [0.15, 0.2) is 24.5 Å². The van der Waals surface area contributed by atoms with Gasteiger partial charge in [-0.05, 0) is 37.6 Å². The number of aromatic nitrogens is 1. The molecule has 19 heavy (non-hydrogen) atoms. The van der Waals surface area contributed by atoms with E-state index in [1.807, 2.05) is 18.5 Å². The zero-order valence-corrected chi connectivity index (χ0v) is 12.1. The molecule has 1 aromatic rings. The molecule has 0 saturated carbocycles. The highest BCUT2D eigenvalue weighted by Gasteiger charge is 2.25. The van der Waals surface area contributed by atoms with Gasteiger partial charge in [0.25, 0.3) is 0 Å². The molecule has 2 N–H and O–H groups in total. The van der Waals surface area contributed by atoms with Gasteiger partial charge >= 0.3 is 0 Å². The highest BCUT2D eigenvalue weighted by Crippen LogP contribution is 2.16. The van der Waals surface area contributed by atoms with Crippen LogP contribution in [0.4, 0.5) is 0 Å². The third-order valence-electron chi connectivity index (χ3n) is 3.89. The Kier molecular flexibility index (Phi) is 5.31. The molecule has 1 aromatic heterocycles. The van der Waals surface area contributed by atoms with Crippen LogP contribution in [0, 0.1) is 5.92 Å². The van der Waals surface area contributed by atoms with Crippen molar-refractivity contribution in [1.29, 1.82) is 0 Å². The molecule has 0 bridgehead atoms. The van der Waals surface area contributed by atoms with Gasteiger partial charge in [-0.15, -0.1) is 0 Å². The third-order valence-corrected chi connectivity index (χ3v) is 3.89. The zero-order valence-electron chi connectivity index (χ0n) is 12.1. The van der Waals surface area contributed by atoms with Gasteiger partial charge in [0.15, 0.2) is 0 Å². The Morgan fingerprint density at radius 1 is 1.37 bits per heavy atom. The number of nitrogens with zero attached hydrogens (tertiary/aromatic N) is 3. The maximum atomic E-state index is 5.75. The van der Waals surface area contributed by atoms with E-state index >= 15 is 0 Å². The Balaban J connectivity index is 2.02. The van der Waals surface area contributed by atoms with E-state index in [4.69, 9.17) is 5.73 Å². The lowest BCUT2D eigenvalue weighted by Gasteiger charge is -2.28. The van der Waals surface area contributed by atoms with Crippen molar-refractivity contribution >= 4 is 0 Å². The smallest absolute Gasteiger partial charge is 0.0312 e. The topological polar surface area (TPSA) is 45.4 Å². The first-order valence-electron chi connectivity index (χ1n) is 7.20. The van der Waals surface area contributed by atoms with E-state index in [2.05, 4.69) is 34.8 Å². The van der Waals surface area contributed by atoms with E-state index in [-0.39, 0.29) is 0 Å². The molecule has 106 valence electrons. The van der Waals surface area contributed by atoms with Crippen molar-refractivity contribution in [2.45, 2.75) is 25.9 Å². The molecule has 2 heterocycles. The Morgan fingerprint density at radius 2 is 2.21 bits per heavy atom. The molecule has 0 aromatic carbocycles. The number of pyridine rings is 1. The predicted octanol–water partition coefficient (Wildman–Crippen LogP) is 1.18. The summed E-state index contributed by atoms with van der Waals surface area (Å²) in [6, 6.07) is 4.75. The Morgan fingerprint density at radius 3 is 2.89 bits per heavy atom. The summed E-state index contributed by atoms with van der Waals surface area (Å²) in [4.78, 5) is 9.23. The molecule has 4 nitrogen and oxygen atoms in total. The van der Waals surface area contributed by atoms with Crippen LogP contribution < -0.4 is 5.73 Å². The summed E-state index contributed by atoms with van der Waals surface area (Å²) >= 11 is 0. The van der Waals surface area contributed by atoms with Gasteiger partial charge in [-0.2, -0.15) is 0 Å². The van der Waals surface area contributed by atoms with Crippen molar-refractivity contribution in [3.05, 3.63) is 30.1 Å². The Bertz CT molecular complexity index is 368. The zero-order chi connectivity index (χ0) is 13.7.